The van der Waals surface area contributed by atoms with Crippen LogP contribution in [0.25, 0.3) is 0 Å². The number of nitrogens with zero attached hydrogens (tertiary/aromatic N) is 1. The van der Waals surface area contributed by atoms with Crippen molar-refractivity contribution < 1.29 is 9.72 Å². The van der Waals surface area contributed by atoms with Gasteiger partial charge in [-0.1, -0.05) is 29.3 Å². The van der Waals surface area contributed by atoms with E-state index in [4.69, 9.17) is 23.2 Å². The van der Waals surface area contributed by atoms with E-state index >= 15 is 0 Å². The van der Waals surface area contributed by atoms with Crippen LogP contribution in [0.3, 0.4) is 0 Å². The lowest BCUT2D eigenvalue weighted by molar-refractivity contribution is -0.384. The highest BCUT2D eigenvalue weighted by Gasteiger charge is 2.12. The summed E-state index contributed by atoms with van der Waals surface area (Å²) in [6, 6.07) is 10.7. The zero-order valence-corrected chi connectivity index (χ0v) is 14.3. The van der Waals surface area contributed by atoms with Crippen molar-refractivity contribution in [3.05, 3.63) is 68.2 Å². The molecule has 24 heavy (non-hydrogen) atoms. The maximum absolute atomic E-state index is 11.9. The SMILES string of the molecule is C[C@@H](NCC(=O)Nc1ccc([N+](=O)[O-])cc1)c1ccc(Cl)cc1Cl. The monoisotopic (exact) mass is 367 g/mol. The van der Waals surface area contributed by atoms with Crippen LogP contribution in [0.15, 0.2) is 42.5 Å². The van der Waals surface area contributed by atoms with Crippen LogP contribution in [-0.4, -0.2) is 17.4 Å². The molecule has 2 N–H and O–H groups in total. The number of nitro benzene ring substituents is 1. The molecule has 0 aliphatic carbocycles. The van der Waals surface area contributed by atoms with Gasteiger partial charge in [0.25, 0.3) is 5.69 Å². The van der Waals surface area contributed by atoms with Crippen molar-refractivity contribution in [2.24, 2.45) is 0 Å². The number of nitro groups is 1. The smallest absolute Gasteiger partial charge is 0.269 e. The molecule has 0 spiro atoms. The summed E-state index contributed by atoms with van der Waals surface area (Å²) in [5.41, 5.74) is 1.30. The topological polar surface area (TPSA) is 84.3 Å². The van der Waals surface area contributed by atoms with E-state index in [9.17, 15) is 14.9 Å². The Morgan fingerprint density at radius 1 is 1.21 bits per heavy atom. The van der Waals surface area contributed by atoms with Gasteiger partial charge in [0.2, 0.25) is 5.91 Å². The van der Waals surface area contributed by atoms with Gasteiger partial charge in [-0.3, -0.25) is 14.9 Å². The molecular formula is C16H15Cl2N3O3. The van der Waals surface area contributed by atoms with Crippen molar-refractivity contribution in [2.45, 2.75) is 13.0 Å². The van der Waals surface area contributed by atoms with Gasteiger partial charge >= 0.3 is 0 Å². The molecule has 0 saturated heterocycles. The van der Waals surface area contributed by atoms with Gasteiger partial charge in [-0.05, 0) is 36.8 Å². The second-order valence-electron chi connectivity index (χ2n) is 5.12. The summed E-state index contributed by atoms with van der Waals surface area (Å²) in [4.78, 5) is 22.0. The Hall–Kier alpha value is -2.15. The lowest BCUT2D eigenvalue weighted by Crippen LogP contribution is -2.30. The summed E-state index contributed by atoms with van der Waals surface area (Å²) in [5.74, 6) is -0.263. The average Bonchev–Trinajstić information content (AvgIpc) is 2.53. The van der Waals surface area contributed by atoms with E-state index in [-0.39, 0.29) is 24.2 Å². The molecule has 0 bridgehead atoms. The van der Waals surface area contributed by atoms with Gasteiger partial charge in [0.05, 0.1) is 11.5 Å². The zero-order valence-electron chi connectivity index (χ0n) is 12.8. The van der Waals surface area contributed by atoms with Gasteiger partial charge in [0.1, 0.15) is 0 Å². The number of benzene rings is 2. The minimum Gasteiger partial charge on any atom is -0.325 e. The first-order valence-corrected chi connectivity index (χ1v) is 7.85. The molecule has 0 radical (unpaired) electrons. The molecule has 8 heteroatoms. The molecule has 126 valence electrons. The van der Waals surface area contributed by atoms with Gasteiger partial charge in [-0.25, -0.2) is 0 Å². The van der Waals surface area contributed by atoms with Crippen molar-refractivity contribution in [1.29, 1.82) is 0 Å². The summed E-state index contributed by atoms with van der Waals surface area (Å²) in [5, 5.41) is 17.4. The number of carbonyl (C=O) groups excluding carboxylic acids is 1. The second-order valence-corrected chi connectivity index (χ2v) is 5.96. The average molecular weight is 368 g/mol. The lowest BCUT2D eigenvalue weighted by Gasteiger charge is -2.15. The number of carbonyl (C=O) groups is 1. The van der Waals surface area contributed by atoms with Gasteiger partial charge in [-0.2, -0.15) is 0 Å². The minimum absolute atomic E-state index is 0.0304. The summed E-state index contributed by atoms with van der Waals surface area (Å²) in [6.07, 6.45) is 0. The molecule has 0 aromatic heterocycles. The maximum Gasteiger partial charge on any atom is 0.269 e. The molecule has 2 aromatic carbocycles. The first kappa shape index (κ1) is 18.2. The van der Waals surface area contributed by atoms with E-state index in [1.807, 2.05) is 6.92 Å². The van der Waals surface area contributed by atoms with E-state index in [1.54, 1.807) is 18.2 Å². The predicted octanol–water partition coefficient (Wildman–Crippen LogP) is 4.19. The summed E-state index contributed by atoms with van der Waals surface area (Å²) in [6.45, 7) is 1.95. The zero-order chi connectivity index (χ0) is 17.7. The molecule has 0 heterocycles. The van der Waals surface area contributed by atoms with Crippen LogP contribution in [0.5, 0.6) is 0 Å². The number of halogens is 2. The molecule has 1 atom stereocenters. The number of anilines is 1. The molecule has 0 aliphatic rings. The molecule has 6 nitrogen and oxygen atoms in total. The van der Waals surface area contributed by atoms with Gasteiger partial charge < -0.3 is 10.6 Å². The maximum atomic E-state index is 11.9. The van der Waals surface area contributed by atoms with E-state index in [1.165, 1.54) is 24.3 Å². The molecule has 1 amide bonds. The normalized spacial score (nSPS) is 11.8. The Bertz CT molecular complexity index is 751. The quantitative estimate of drug-likeness (QED) is 0.592. The summed E-state index contributed by atoms with van der Waals surface area (Å²) in [7, 11) is 0. The standard InChI is InChI=1S/C16H15Cl2N3O3/c1-10(14-7-2-11(17)8-15(14)18)19-9-16(22)20-12-3-5-13(6-4-12)21(23)24/h2-8,10,19H,9H2,1H3,(H,20,22)/t10-/m1/s1. The first-order chi connectivity index (χ1) is 11.4. The third kappa shape index (κ3) is 4.92. The first-order valence-electron chi connectivity index (χ1n) is 7.09. The molecule has 0 aliphatic heterocycles. The van der Waals surface area contributed by atoms with Crippen LogP contribution in [0.4, 0.5) is 11.4 Å². The van der Waals surface area contributed by atoms with E-state index in [2.05, 4.69) is 10.6 Å². The molecule has 0 fully saturated rings. The summed E-state index contributed by atoms with van der Waals surface area (Å²) < 4.78 is 0. The fourth-order valence-electron chi connectivity index (χ4n) is 2.08. The Labute approximate surface area is 148 Å². The van der Waals surface area contributed by atoms with Gasteiger partial charge in [0.15, 0.2) is 0 Å². The molecule has 2 rings (SSSR count). The number of amides is 1. The van der Waals surface area contributed by atoms with Crippen molar-refractivity contribution in [3.8, 4) is 0 Å². The molecule has 0 unspecified atom stereocenters. The minimum atomic E-state index is -0.495. The van der Waals surface area contributed by atoms with Crippen molar-refractivity contribution in [3.63, 3.8) is 0 Å². The molecule has 0 saturated carbocycles. The largest absolute Gasteiger partial charge is 0.325 e. The van der Waals surface area contributed by atoms with E-state index in [0.29, 0.717) is 15.7 Å². The van der Waals surface area contributed by atoms with Crippen molar-refractivity contribution in [2.75, 3.05) is 11.9 Å². The lowest BCUT2D eigenvalue weighted by atomic mass is 10.1. The number of rotatable bonds is 6. The highest BCUT2D eigenvalue weighted by molar-refractivity contribution is 6.35. The van der Waals surface area contributed by atoms with Gasteiger partial charge in [0, 0.05) is 33.9 Å². The highest BCUT2D eigenvalue weighted by atomic mass is 35.5. The third-order valence-electron chi connectivity index (χ3n) is 3.36. The van der Waals surface area contributed by atoms with Crippen LogP contribution in [-0.2, 0) is 4.79 Å². The van der Waals surface area contributed by atoms with Crippen molar-refractivity contribution >= 4 is 40.5 Å². The number of hydrogen-bond acceptors (Lipinski definition) is 4. The van der Waals surface area contributed by atoms with Crippen molar-refractivity contribution in [1.82, 2.24) is 5.32 Å². The highest BCUT2D eigenvalue weighted by Crippen LogP contribution is 2.26. The van der Waals surface area contributed by atoms with E-state index < -0.39 is 4.92 Å². The van der Waals surface area contributed by atoms with Crippen LogP contribution in [0.1, 0.15) is 18.5 Å². The Morgan fingerprint density at radius 3 is 2.46 bits per heavy atom. The molecule has 2 aromatic rings. The van der Waals surface area contributed by atoms with Crippen LogP contribution in [0.2, 0.25) is 10.0 Å². The fourth-order valence-corrected chi connectivity index (χ4v) is 2.65. The van der Waals surface area contributed by atoms with E-state index in [0.717, 1.165) is 5.56 Å². The number of non-ortho nitro benzene ring substituents is 1. The van der Waals surface area contributed by atoms with Crippen LogP contribution in [0, 0.1) is 10.1 Å². The Morgan fingerprint density at radius 2 is 1.88 bits per heavy atom. The molecular weight excluding hydrogens is 353 g/mol. The Kier molecular flexibility index (Phi) is 6.14. The fraction of sp³-hybridized carbons (Fsp3) is 0.188. The summed E-state index contributed by atoms with van der Waals surface area (Å²) >= 11 is 12.0. The Balaban J connectivity index is 1.89. The van der Waals surface area contributed by atoms with Gasteiger partial charge in [-0.15, -0.1) is 0 Å². The third-order valence-corrected chi connectivity index (χ3v) is 3.92. The van der Waals surface area contributed by atoms with Crippen LogP contribution < -0.4 is 10.6 Å². The number of hydrogen-bond donors (Lipinski definition) is 2. The second kappa shape index (κ2) is 8.10. The number of nitrogens with one attached hydrogen (secondary N) is 2. The van der Waals surface area contributed by atoms with Crippen LogP contribution >= 0.6 is 23.2 Å². The predicted molar refractivity (Wildman–Crippen MR) is 94.6 cm³/mol.